The van der Waals surface area contributed by atoms with Gasteiger partial charge in [-0.05, 0) is 169 Å². The van der Waals surface area contributed by atoms with Crippen molar-refractivity contribution in [2.45, 2.75) is 45.4 Å². The molecule has 0 fully saturated rings. The number of benzene rings is 11. The Bertz CT molecular complexity index is 3860. The van der Waals surface area contributed by atoms with Gasteiger partial charge in [0.2, 0.25) is 0 Å². The van der Waals surface area contributed by atoms with Crippen LogP contribution in [0.1, 0.15) is 59.9 Å². The van der Waals surface area contributed by atoms with Crippen LogP contribution in [0.5, 0.6) is 0 Å². The zero-order valence-corrected chi connectivity index (χ0v) is 44.5. The molecule has 2 heterocycles. The normalized spacial score (nSPS) is 13.3. The summed E-state index contributed by atoms with van der Waals surface area (Å²) in [6.45, 7) is 9.64. The Morgan fingerprint density at radius 3 is 1.50 bits per heavy atom. The van der Waals surface area contributed by atoms with Crippen molar-refractivity contribution in [3.8, 4) is 55.6 Å². The van der Waals surface area contributed by atoms with E-state index >= 15 is 0 Å². The van der Waals surface area contributed by atoms with E-state index in [4.69, 9.17) is 6.58 Å². The maximum atomic E-state index is 5.26. The second-order valence-corrected chi connectivity index (χ2v) is 21.1. The van der Waals surface area contributed by atoms with Crippen LogP contribution in [0.15, 0.2) is 273 Å². The van der Waals surface area contributed by atoms with E-state index < -0.39 is 0 Å². The van der Waals surface area contributed by atoms with Crippen LogP contribution in [0.3, 0.4) is 0 Å². The highest BCUT2D eigenvalue weighted by Gasteiger charge is 2.45. The molecule has 13 rings (SSSR count). The lowest BCUT2D eigenvalue weighted by molar-refractivity contribution is 0.717. The molecular formula is C75H61BN2. The van der Waals surface area contributed by atoms with Gasteiger partial charge in [-0.3, -0.25) is 0 Å². The molecule has 1 unspecified atom stereocenters. The Hall–Kier alpha value is -9.18. The zero-order chi connectivity index (χ0) is 52.5. The van der Waals surface area contributed by atoms with Crippen molar-refractivity contribution in [1.82, 2.24) is 0 Å². The number of unbranched alkanes of at least 4 members (excludes halogenated alkanes) is 2. The van der Waals surface area contributed by atoms with E-state index in [0.717, 1.165) is 41.2 Å². The molecule has 0 bridgehead atoms. The van der Waals surface area contributed by atoms with E-state index in [1.807, 2.05) is 0 Å². The van der Waals surface area contributed by atoms with Crippen LogP contribution in [0.2, 0.25) is 0 Å². The molecule has 0 amide bonds. The number of aryl methyl sites for hydroxylation is 2. The van der Waals surface area contributed by atoms with Crippen LogP contribution in [0.25, 0.3) is 61.2 Å². The topological polar surface area (TPSA) is 6.48 Å². The summed E-state index contributed by atoms with van der Waals surface area (Å²) in [6.07, 6.45) is 4.54. The summed E-state index contributed by atoms with van der Waals surface area (Å²) in [7, 11) is 0. The minimum atomic E-state index is -0.219. The molecule has 374 valence electrons. The molecule has 3 heteroatoms. The van der Waals surface area contributed by atoms with Gasteiger partial charge in [-0.2, -0.15) is 0 Å². The Morgan fingerprint density at radius 2 is 0.910 bits per heavy atom. The second-order valence-electron chi connectivity index (χ2n) is 21.1. The fraction of sp³-hybridized carbons (Fsp3) is 0.0933. The highest BCUT2D eigenvalue weighted by Crippen LogP contribution is 2.48. The molecule has 1 atom stereocenters. The van der Waals surface area contributed by atoms with Crippen molar-refractivity contribution >= 4 is 51.8 Å². The average molecular weight is 1000 g/mol. The molecule has 11 aromatic carbocycles. The van der Waals surface area contributed by atoms with Crippen molar-refractivity contribution < 1.29 is 0 Å². The maximum Gasteiger partial charge on any atom is 0.329 e. The zero-order valence-electron chi connectivity index (χ0n) is 44.5. The van der Waals surface area contributed by atoms with Crippen LogP contribution in [0.4, 0.5) is 28.4 Å². The van der Waals surface area contributed by atoms with E-state index in [-0.39, 0.29) is 12.8 Å². The molecule has 2 aliphatic heterocycles. The van der Waals surface area contributed by atoms with E-state index in [1.54, 1.807) is 0 Å². The van der Waals surface area contributed by atoms with E-state index in [0.29, 0.717) is 0 Å². The molecule has 0 saturated heterocycles. The number of allylic oxidation sites excluding steroid dienone is 1. The van der Waals surface area contributed by atoms with Crippen LogP contribution in [-0.2, 0) is 6.42 Å². The summed E-state index contributed by atoms with van der Waals surface area (Å²) in [6, 6.07) is 99.0. The first-order valence-corrected chi connectivity index (χ1v) is 27.8. The number of fused-ring (bicyclic) bond motifs is 4. The van der Waals surface area contributed by atoms with Crippen molar-refractivity contribution in [3.05, 3.63) is 301 Å². The van der Waals surface area contributed by atoms with E-state index in [9.17, 15) is 0 Å². The van der Waals surface area contributed by atoms with Gasteiger partial charge in [0, 0.05) is 39.9 Å². The van der Waals surface area contributed by atoms with Crippen molar-refractivity contribution in [1.29, 1.82) is 0 Å². The first-order chi connectivity index (χ1) is 38.5. The fourth-order valence-electron chi connectivity index (χ4n) is 12.5. The monoisotopic (exact) mass is 1000 g/mol. The predicted molar refractivity (Wildman–Crippen MR) is 334 cm³/mol. The van der Waals surface area contributed by atoms with Crippen molar-refractivity contribution in [3.63, 3.8) is 0 Å². The van der Waals surface area contributed by atoms with Gasteiger partial charge >= 0.3 is 6.85 Å². The first kappa shape index (κ1) is 48.5. The summed E-state index contributed by atoms with van der Waals surface area (Å²) in [5, 5.41) is 0. The Kier molecular flexibility index (Phi) is 13.1. The molecule has 0 N–H and O–H groups in total. The average Bonchev–Trinajstić information content (AvgIpc) is 3.85. The van der Waals surface area contributed by atoms with Crippen LogP contribution >= 0.6 is 0 Å². The molecule has 78 heavy (non-hydrogen) atoms. The first-order valence-electron chi connectivity index (χ1n) is 27.8. The second kappa shape index (κ2) is 21.1. The minimum Gasteiger partial charge on any atom is -0.376 e. The molecule has 0 spiro atoms. The quantitative estimate of drug-likeness (QED) is 0.0839. The Balaban J connectivity index is 1.08. The maximum absolute atomic E-state index is 5.26. The number of hydrogen-bond acceptors (Lipinski definition) is 2. The van der Waals surface area contributed by atoms with E-state index in [1.165, 1.54) is 113 Å². The standard InChI is InChI=1S/C75H61BN2/c1-4-5-10-22-54-48-70-53(3)74(67-45-39-62(47-52(67)2)58-29-17-9-18-30-58)69-46-44-65(77(63-40-35-59(36-41-63)55-23-11-6-12-24-55)64-42-37-60(38-43-64)56-25-13-7-14-26-56)51-72(69)76-75(70)71(49-54)68-33-19-20-34-73(68)78(76)66-32-21-31-61(50-66)57-27-15-8-16-28-57/h6-9,11-21,23-51,74H,3-5,10,22H2,1-2H3. The number of nitrogens with zero attached hydrogens (tertiary/aromatic N) is 2. The lowest BCUT2D eigenvalue weighted by Crippen LogP contribution is -2.58. The summed E-state index contributed by atoms with van der Waals surface area (Å²) < 4.78 is 0. The van der Waals surface area contributed by atoms with Gasteiger partial charge in [0.05, 0.1) is 0 Å². The summed E-state index contributed by atoms with van der Waals surface area (Å²) in [5.41, 5.74) is 27.9. The van der Waals surface area contributed by atoms with Crippen molar-refractivity contribution in [2.75, 3.05) is 9.71 Å². The molecule has 0 radical (unpaired) electrons. The molecule has 2 aliphatic rings. The van der Waals surface area contributed by atoms with Gasteiger partial charge in [-0.1, -0.05) is 239 Å². The highest BCUT2D eigenvalue weighted by molar-refractivity contribution is 6.92. The van der Waals surface area contributed by atoms with Gasteiger partial charge in [0.15, 0.2) is 0 Å². The molecular weight excluding hydrogens is 940 g/mol. The van der Waals surface area contributed by atoms with Gasteiger partial charge in [-0.15, -0.1) is 0 Å². The number of rotatable bonds is 13. The third-order valence-electron chi connectivity index (χ3n) is 16.3. The fourth-order valence-corrected chi connectivity index (χ4v) is 12.5. The minimum absolute atomic E-state index is 0.135. The van der Waals surface area contributed by atoms with Gasteiger partial charge in [-0.25, -0.2) is 0 Å². The number of hydrogen-bond donors (Lipinski definition) is 0. The predicted octanol–water partition coefficient (Wildman–Crippen LogP) is 18.9. The highest BCUT2D eigenvalue weighted by atomic mass is 15.1. The lowest BCUT2D eigenvalue weighted by Gasteiger charge is -2.40. The lowest BCUT2D eigenvalue weighted by atomic mass is 9.44. The molecule has 0 aliphatic carbocycles. The summed E-state index contributed by atoms with van der Waals surface area (Å²) in [5.74, 6) is -0.135. The third-order valence-corrected chi connectivity index (χ3v) is 16.3. The summed E-state index contributed by atoms with van der Waals surface area (Å²) >= 11 is 0. The Labute approximate surface area is 461 Å². The van der Waals surface area contributed by atoms with Crippen LogP contribution in [0, 0.1) is 6.92 Å². The van der Waals surface area contributed by atoms with E-state index in [2.05, 4.69) is 290 Å². The Morgan fingerprint density at radius 1 is 0.423 bits per heavy atom. The SMILES string of the molecule is C=C1c2cc(CCCCC)cc3c2B(c2cc(N(c4ccc(-c5ccccc5)cc4)c4ccc(-c5ccccc5)cc4)ccc2C1c1ccc(-c2ccccc2)cc1C)N(c1cccc(-c2ccccc2)c1)c1ccccc1-3. The summed E-state index contributed by atoms with van der Waals surface area (Å²) in [4.78, 5) is 5.11. The number of anilines is 5. The molecule has 0 saturated carbocycles. The third kappa shape index (κ3) is 9.05. The van der Waals surface area contributed by atoms with Crippen LogP contribution in [-0.4, -0.2) is 6.85 Å². The number of para-hydroxylation sites is 1. The van der Waals surface area contributed by atoms with Gasteiger partial charge < -0.3 is 9.71 Å². The largest absolute Gasteiger partial charge is 0.376 e. The van der Waals surface area contributed by atoms with Crippen molar-refractivity contribution in [2.24, 2.45) is 0 Å². The van der Waals surface area contributed by atoms with Crippen LogP contribution < -0.4 is 20.6 Å². The molecule has 0 aromatic heterocycles. The van der Waals surface area contributed by atoms with Gasteiger partial charge in [0.1, 0.15) is 0 Å². The molecule has 11 aromatic rings. The molecule has 2 nitrogen and oxygen atoms in total. The smallest absolute Gasteiger partial charge is 0.329 e. The van der Waals surface area contributed by atoms with Gasteiger partial charge in [0.25, 0.3) is 0 Å².